The Balaban J connectivity index is 1.92. The summed E-state index contributed by atoms with van der Waals surface area (Å²) in [7, 11) is -3.95. The molecule has 3 N–H and O–H groups in total. The van der Waals surface area contributed by atoms with Crippen molar-refractivity contribution in [3.05, 3.63) is 48.3 Å². The third-order valence-electron chi connectivity index (χ3n) is 4.34. The monoisotopic (exact) mass is 486 g/mol. The normalized spacial score (nSPS) is 12.3. The molecule has 0 aliphatic carbocycles. The first kappa shape index (κ1) is 24.0. The molecule has 0 radical (unpaired) electrons. The van der Waals surface area contributed by atoms with Crippen LogP contribution in [0.5, 0.6) is 5.75 Å². The fraction of sp³-hybridized carbons (Fsp3) is 0.300. The van der Waals surface area contributed by atoms with Gasteiger partial charge in [0.1, 0.15) is 12.3 Å². The minimum Gasteiger partial charge on any atom is -0.491 e. The van der Waals surface area contributed by atoms with Crippen molar-refractivity contribution in [1.82, 2.24) is 9.55 Å². The molecule has 2 aromatic carbocycles. The van der Waals surface area contributed by atoms with Crippen LogP contribution in [0.4, 0.5) is 18.9 Å². The maximum absolute atomic E-state index is 12.9. The van der Waals surface area contributed by atoms with E-state index in [0.717, 1.165) is 10.9 Å². The summed E-state index contributed by atoms with van der Waals surface area (Å²) in [6.07, 6.45) is -3.40. The molecule has 3 aromatic rings. The van der Waals surface area contributed by atoms with Crippen LogP contribution in [0.25, 0.3) is 11.0 Å². The zero-order chi connectivity index (χ0) is 23.7. The molecule has 0 spiro atoms. The van der Waals surface area contributed by atoms with Crippen molar-refractivity contribution >= 4 is 44.0 Å². The highest BCUT2D eigenvalue weighted by atomic mass is 32.2. The Morgan fingerprint density at radius 2 is 2.00 bits per heavy atom. The van der Waals surface area contributed by atoms with Crippen LogP contribution < -0.4 is 15.2 Å². The van der Waals surface area contributed by atoms with E-state index in [-0.39, 0.29) is 27.9 Å². The van der Waals surface area contributed by atoms with Gasteiger partial charge in [-0.2, -0.15) is 13.2 Å². The fourth-order valence-corrected chi connectivity index (χ4v) is 3.98. The van der Waals surface area contributed by atoms with Crippen molar-refractivity contribution < 1.29 is 26.3 Å². The maximum atomic E-state index is 12.9. The van der Waals surface area contributed by atoms with Gasteiger partial charge in [0, 0.05) is 12.0 Å². The molecule has 12 heteroatoms. The largest absolute Gasteiger partial charge is 0.491 e. The minimum absolute atomic E-state index is 0.0740. The number of rotatable bonds is 7. The SMILES string of the molecule is CC(C)Oc1ccc(S(N)(=O)=O)cc1CC(=S)Nc1cccc2ncn(CC(F)(F)F)c12. The van der Waals surface area contributed by atoms with Crippen LogP contribution in [0.3, 0.4) is 0 Å². The van der Waals surface area contributed by atoms with Gasteiger partial charge in [0.25, 0.3) is 0 Å². The number of imidazole rings is 1. The number of halogens is 3. The second kappa shape index (κ2) is 9.04. The number of primary sulfonamides is 1. The zero-order valence-corrected chi connectivity index (χ0v) is 18.8. The topological polar surface area (TPSA) is 99.2 Å². The molecule has 0 amide bonds. The van der Waals surface area contributed by atoms with E-state index in [9.17, 15) is 21.6 Å². The summed E-state index contributed by atoms with van der Waals surface area (Å²) in [6.45, 7) is 2.44. The van der Waals surface area contributed by atoms with E-state index in [4.69, 9.17) is 22.1 Å². The second-order valence-electron chi connectivity index (χ2n) is 7.37. The van der Waals surface area contributed by atoms with Gasteiger partial charge in [-0.1, -0.05) is 18.3 Å². The van der Waals surface area contributed by atoms with Gasteiger partial charge in [-0.05, 0) is 44.2 Å². The van der Waals surface area contributed by atoms with Crippen molar-refractivity contribution in [1.29, 1.82) is 0 Å². The molecule has 32 heavy (non-hydrogen) atoms. The standard InChI is InChI=1S/C20H21F3N4O3S2/c1-12(2)30-17-7-6-14(32(24,28)29)8-13(17)9-18(31)26-16-5-3-4-15-19(16)27(11-25-15)10-20(21,22)23/h3-8,11-12H,9-10H2,1-2H3,(H,26,31)(H2,24,28,29). The zero-order valence-electron chi connectivity index (χ0n) is 17.2. The van der Waals surface area contributed by atoms with Gasteiger partial charge in [0.2, 0.25) is 10.0 Å². The Morgan fingerprint density at radius 1 is 1.28 bits per heavy atom. The van der Waals surface area contributed by atoms with Crippen molar-refractivity contribution in [2.75, 3.05) is 5.32 Å². The molecular weight excluding hydrogens is 465 g/mol. The van der Waals surface area contributed by atoms with E-state index in [1.807, 2.05) is 13.8 Å². The molecule has 172 valence electrons. The van der Waals surface area contributed by atoms with E-state index < -0.39 is 22.7 Å². The molecule has 7 nitrogen and oxygen atoms in total. The molecule has 0 unspecified atom stereocenters. The lowest BCUT2D eigenvalue weighted by atomic mass is 10.1. The summed E-state index contributed by atoms with van der Waals surface area (Å²) < 4.78 is 69.1. The molecule has 1 heterocycles. The summed E-state index contributed by atoms with van der Waals surface area (Å²) in [5.41, 5.74) is 1.45. The van der Waals surface area contributed by atoms with E-state index in [0.29, 0.717) is 22.5 Å². The fourth-order valence-electron chi connectivity index (χ4n) is 3.15. The van der Waals surface area contributed by atoms with Crippen LogP contribution in [0.2, 0.25) is 0 Å². The summed E-state index contributed by atoms with van der Waals surface area (Å²) in [6, 6.07) is 9.04. The molecule has 0 saturated heterocycles. The number of alkyl halides is 3. The molecule has 0 aliphatic heterocycles. The smallest absolute Gasteiger partial charge is 0.406 e. The molecule has 0 atom stereocenters. The van der Waals surface area contributed by atoms with Gasteiger partial charge in [-0.25, -0.2) is 18.5 Å². The predicted molar refractivity (Wildman–Crippen MR) is 119 cm³/mol. The highest BCUT2D eigenvalue weighted by Gasteiger charge is 2.29. The van der Waals surface area contributed by atoms with E-state index in [2.05, 4.69) is 10.3 Å². The number of sulfonamides is 1. The van der Waals surface area contributed by atoms with Crippen LogP contribution in [-0.4, -0.2) is 35.2 Å². The molecule has 0 aliphatic rings. The third kappa shape index (κ3) is 5.96. The number of nitrogens with zero attached hydrogens (tertiary/aromatic N) is 2. The molecule has 1 aromatic heterocycles. The molecule has 3 rings (SSSR count). The first-order chi connectivity index (χ1) is 14.8. The number of para-hydroxylation sites is 1. The van der Waals surface area contributed by atoms with Crippen molar-refractivity contribution in [2.24, 2.45) is 5.14 Å². The predicted octanol–water partition coefficient (Wildman–Crippen LogP) is 4.02. The van der Waals surface area contributed by atoms with Crippen molar-refractivity contribution in [3.8, 4) is 5.75 Å². The Kier molecular flexibility index (Phi) is 6.77. The summed E-state index contributed by atoms with van der Waals surface area (Å²) in [5.74, 6) is 0.428. The van der Waals surface area contributed by atoms with E-state index in [1.165, 1.54) is 18.2 Å². The average Bonchev–Trinajstić information content (AvgIpc) is 3.04. The lowest BCUT2D eigenvalue weighted by Crippen LogP contribution is -2.19. The number of hydrogen-bond donors (Lipinski definition) is 2. The van der Waals surface area contributed by atoms with Crippen LogP contribution in [0, 0.1) is 0 Å². The molecular formula is C20H21F3N4O3S2. The quantitative estimate of drug-likeness (QED) is 0.490. The Labute approximate surface area is 188 Å². The Bertz CT molecular complexity index is 1250. The number of hydrogen-bond acceptors (Lipinski definition) is 5. The van der Waals surface area contributed by atoms with Gasteiger partial charge in [-0.3, -0.25) is 0 Å². The molecule has 0 saturated carbocycles. The van der Waals surface area contributed by atoms with Crippen LogP contribution >= 0.6 is 12.2 Å². The number of thiocarbonyl (C=S) groups is 1. The molecule has 0 fully saturated rings. The number of nitrogens with one attached hydrogen (secondary N) is 1. The number of aromatic nitrogens is 2. The number of nitrogens with two attached hydrogens (primary N) is 1. The first-order valence-electron chi connectivity index (χ1n) is 9.46. The minimum atomic E-state index is -4.42. The summed E-state index contributed by atoms with van der Waals surface area (Å²) in [4.78, 5) is 4.17. The van der Waals surface area contributed by atoms with Gasteiger partial charge in [-0.15, -0.1) is 0 Å². The van der Waals surface area contributed by atoms with Gasteiger partial charge < -0.3 is 14.6 Å². The van der Waals surface area contributed by atoms with Gasteiger partial charge in [0.05, 0.1) is 39.0 Å². The number of anilines is 1. The first-order valence-corrected chi connectivity index (χ1v) is 11.4. The number of fused-ring (bicyclic) bond motifs is 1. The summed E-state index contributed by atoms with van der Waals surface area (Å²) in [5, 5.41) is 8.18. The lowest BCUT2D eigenvalue weighted by Gasteiger charge is -2.17. The lowest BCUT2D eigenvalue weighted by molar-refractivity contribution is -0.139. The number of benzene rings is 2. The highest BCUT2D eigenvalue weighted by molar-refractivity contribution is 7.89. The van der Waals surface area contributed by atoms with Crippen LogP contribution in [0.15, 0.2) is 47.6 Å². The summed E-state index contributed by atoms with van der Waals surface area (Å²) >= 11 is 5.42. The van der Waals surface area contributed by atoms with Crippen LogP contribution in [0.1, 0.15) is 19.4 Å². The van der Waals surface area contributed by atoms with Crippen molar-refractivity contribution in [3.63, 3.8) is 0 Å². The third-order valence-corrected chi connectivity index (χ3v) is 5.49. The Hall–Kier alpha value is -2.70. The van der Waals surface area contributed by atoms with Gasteiger partial charge in [0.15, 0.2) is 0 Å². The highest BCUT2D eigenvalue weighted by Crippen LogP contribution is 2.28. The number of ether oxygens (including phenoxy) is 1. The Morgan fingerprint density at radius 3 is 2.62 bits per heavy atom. The van der Waals surface area contributed by atoms with Gasteiger partial charge >= 0.3 is 6.18 Å². The second-order valence-corrected chi connectivity index (χ2v) is 9.42. The maximum Gasteiger partial charge on any atom is 0.406 e. The molecule has 0 bridgehead atoms. The van der Waals surface area contributed by atoms with Crippen LogP contribution in [-0.2, 0) is 23.0 Å². The average molecular weight is 487 g/mol. The van der Waals surface area contributed by atoms with E-state index in [1.54, 1.807) is 18.2 Å². The van der Waals surface area contributed by atoms with Crippen molar-refractivity contribution in [2.45, 2.75) is 44.0 Å². The van der Waals surface area contributed by atoms with E-state index >= 15 is 0 Å².